The summed E-state index contributed by atoms with van der Waals surface area (Å²) >= 11 is 0. The van der Waals surface area contributed by atoms with Crippen LogP contribution in [0.2, 0.25) is 0 Å². The van der Waals surface area contributed by atoms with E-state index in [1.165, 1.54) is 18.2 Å². The van der Waals surface area contributed by atoms with Gasteiger partial charge < -0.3 is 5.11 Å². The first-order chi connectivity index (χ1) is 9.75. The summed E-state index contributed by atoms with van der Waals surface area (Å²) in [5, 5.41) is 8.73. The van der Waals surface area contributed by atoms with E-state index in [0.29, 0.717) is 5.56 Å². The van der Waals surface area contributed by atoms with E-state index in [0.717, 1.165) is 24.3 Å². The molecule has 2 rings (SSSR count). The standard InChI is InChI=1S/C15H10F4O2/c16-13-3-1-10(2-4-13)11-5-9(7-14(20)21)6-12(8-11)15(17,18)19/h1-6,8H,7H2,(H,20,21). The number of rotatable bonds is 3. The molecule has 2 nitrogen and oxygen atoms in total. The lowest BCUT2D eigenvalue weighted by atomic mass is 9.98. The molecule has 0 saturated heterocycles. The summed E-state index contributed by atoms with van der Waals surface area (Å²) < 4.78 is 51.4. The van der Waals surface area contributed by atoms with Crippen molar-refractivity contribution in [1.29, 1.82) is 0 Å². The Labute approximate surface area is 117 Å². The molecule has 0 fully saturated rings. The Bertz CT molecular complexity index is 660. The molecule has 0 amide bonds. The molecular weight excluding hydrogens is 288 g/mol. The molecule has 6 heteroatoms. The zero-order valence-electron chi connectivity index (χ0n) is 10.6. The number of halogens is 4. The summed E-state index contributed by atoms with van der Waals surface area (Å²) in [6.45, 7) is 0. The van der Waals surface area contributed by atoms with Gasteiger partial charge in [0.2, 0.25) is 0 Å². The quantitative estimate of drug-likeness (QED) is 0.865. The molecule has 0 atom stereocenters. The predicted molar refractivity (Wildman–Crippen MR) is 68.2 cm³/mol. The maximum atomic E-state index is 12.9. The molecule has 0 bridgehead atoms. The fourth-order valence-corrected chi connectivity index (χ4v) is 1.94. The number of alkyl halides is 3. The third-order valence-corrected chi connectivity index (χ3v) is 2.85. The average Bonchev–Trinajstić information content (AvgIpc) is 2.37. The van der Waals surface area contributed by atoms with Crippen LogP contribution >= 0.6 is 0 Å². The highest BCUT2D eigenvalue weighted by molar-refractivity contribution is 5.72. The first-order valence-corrected chi connectivity index (χ1v) is 5.94. The monoisotopic (exact) mass is 298 g/mol. The zero-order valence-corrected chi connectivity index (χ0v) is 10.6. The Kier molecular flexibility index (Phi) is 3.97. The van der Waals surface area contributed by atoms with Gasteiger partial charge in [0.25, 0.3) is 0 Å². The summed E-state index contributed by atoms with van der Waals surface area (Å²) in [5.41, 5.74) is -0.313. The normalized spacial score (nSPS) is 11.4. The molecule has 0 radical (unpaired) electrons. The molecule has 0 aliphatic heterocycles. The van der Waals surface area contributed by atoms with Crippen molar-refractivity contribution in [3.63, 3.8) is 0 Å². The van der Waals surface area contributed by atoms with E-state index in [-0.39, 0.29) is 11.1 Å². The van der Waals surface area contributed by atoms with Crippen molar-refractivity contribution in [3.05, 3.63) is 59.4 Å². The molecule has 110 valence electrons. The number of benzene rings is 2. The van der Waals surface area contributed by atoms with Gasteiger partial charge in [0.1, 0.15) is 5.82 Å². The molecular formula is C15H10F4O2. The number of aliphatic carboxylic acids is 1. The van der Waals surface area contributed by atoms with Crippen LogP contribution < -0.4 is 0 Å². The van der Waals surface area contributed by atoms with Crippen molar-refractivity contribution in [2.75, 3.05) is 0 Å². The van der Waals surface area contributed by atoms with Crippen molar-refractivity contribution >= 4 is 5.97 Å². The van der Waals surface area contributed by atoms with E-state index in [2.05, 4.69) is 0 Å². The topological polar surface area (TPSA) is 37.3 Å². The number of carboxylic acids is 1. The third-order valence-electron chi connectivity index (χ3n) is 2.85. The van der Waals surface area contributed by atoms with Crippen LogP contribution in [0.25, 0.3) is 11.1 Å². The molecule has 0 saturated carbocycles. The van der Waals surface area contributed by atoms with E-state index in [9.17, 15) is 22.4 Å². The van der Waals surface area contributed by atoms with Crippen molar-refractivity contribution < 1.29 is 27.5 Å². The number of carbonyl (C=O) groups is 1. The first kappa shape index (κ1) is 15.0. The average molecular weight is 298 g/mol. The molecule has 2 aromatic carbocycles. The lowest BCUT2D eigenvalue weighted by Gasteiger charge is -2.12. The highest BCUT2D eigenvalue weighted by Gasteiger charge is 2.31. The third kappa shape index (κ3) is 3.81. The van der Waals surface area contributed by atoms with Crippen LogP contribution in [0.15, 0.2) is 42.5 Å². The van der Waals surface area contributed by atoms with E-state index < -0.39 is 29.9 Å². The van der Waals surface area contributed by atoms with Crippen LogP contribution in [-0.2, 0) is 17.4 Å². The second-order valence-corrected chi connectivity index (χ2v) is 4.49. The Morgan fingerprint density at radius 1 is 1.00 bits per heavy atom. The van der Waals surface area contributed by atoms with Gasteiger partial charge in [-0.15, -0.1) is 0 Å². The molecule has 0 aromatic heterocycles. The van der Waals surface area contributed by atoms with Gasteiger partial charge in [0, 0.05) is 0 Å². The minimum absolute atomic E-state index is 0.0386. The van der Waals surface area contributed by atoms with Crippen LogP contribution in [0.3, 0.4) is 0 Å². The summed E-state index contributed by atoms with van der Waals surface area (Å²) in [6.07, 6.45) is -5.10. The van der Waals surface area contributed by atoms with Crippen LogP contribution in [0.1, 0.15) is 11.1 Å². The second-order valence-electron chi connectivity index (χ2n) is 4.49. The number of hydrogen-bond donors (Lipinski definition) is 1. The van der Waals surface area contributed by atoms with Crippen LogP contribution in [-0.4, -0.2) is 11.1 Å². The Morgan fingerprint density at radius 3 is 2.14 bits per heavy atom. The van der Waals surface area contributed by atoms with Crippen molar-refractivity contribution in [2.24, 2.45) is 0 Å². The van der Waals surface area contributed by atoms with Gasteiger partial charge in [0.15, 0.2) is 0 Å². The van der Waals surface area contributed by atoms with Gasteiger partial charge in [-0.25, -0.2) is 4.39 Å². The van der Waals surface area contributed by atoms with E-state index >= 15 is 0 Å². The number of carboxylic acid groups (broad SMARTS) is 1. The molecule has 21 heavy (non-hydrogen) atoms. The Balaban J connectivity index is 2.54. The summed E-state index contributed by atoms with van der Waals surface area (Å²) in [6, 6.07) is 8.03. The lowest BCUT2D eigenvalue weighted by Crippen LogP contribution is -2.08. The van der Waals surface area contributed by atoms with Gasteiger partial charge in [-0.1, -0.05) is 18.2 Å². The smallest absolute Gasteiger partial charge is 0.416 e. The van der Waals surface area contributed by atoms with Crippen LogP contribution in [0.4, 0.5) is 17.6 Å². The number of hydrogen-bond acceptors (Lipinski definition) is 1. The van der Waals surface area contributed by atoms with Gasteiger partial charge in [0.05, 0.1) is 12.0 Å². The lowest BCUT2D eigenvalue weighted by molar-refractivity contribution is -0.138. The van der Waals surface area contributed by atoms with Crippen LogP contribution in [0, 0.1) is 5.82 Å². The molecule has 0 heterocycles. The Hall–Kier alpha value is -2.37. The van der Waals surface area contributed by atoms with E-state index in [1.54, 1.807) is 0 Å². The maximum absolute atomic E-state index is 12.9. The van der Waals surface area contributed by atoms with Gasteiger partial charge >= 0.3 is 12.1 Å². The molecule has 0 aliphatic carbocycles. The van der Waals surface area contributed by atoms with E-state index in [4.69, 9.17) is 5.11 Å². The molecule has 0 spiro atoms. The van der Waals surface area contributed by atoms with Gasteiger partial charge in [-0.05, 0) is 41.0 Å². The summed E-state index contributed by atoms with van der Waals surface area (Å²) in [5.74, 6) is -1.73. The zero-order chi connectivity index (χ0) is 15.6. The summed E-state index contributed by atoms with van der Waals surface area (Å²) in [4.78, 5) is 10.7. The van der Waals surface area contributed by atoms with Gasteiger partial charge in [-0.3, -0.25) is 4.79 Å². The molecule has 0 aliphatic rings. The highest BCUT2D eigenvalue weighted by Crippen LogP contribution is 2.33. The second kappa shape index (κ2) is 5.55. The fourth-order valence-electron chi connectivity index (χ4n) is 1.94. The predicted octanol–water partition coefficient (Wildman–Crippen LogP) is 4.14. The minimum atomic E-state index is -4.58. The Morgan fingerprint density at radius 2 is 1.62 bits per heavy atom. The van der Waals surface area contributed by atoms with Crippen molar-refractivity contribution in [1.82, 2.24) is 0 Å². The van der Waals surface area contributed by atoms with E-state index in [1.807, 2.05) is 0 Å². The fraction of sp³-hybridized carbons (Fsp3) is 0.133. The van der Waals surface area contributed by atoms with Gasteiger partial charge in [-0.2, -0.15) is 13.2 Å². The maximum Gasteiger partial charge on any atom is 0.416 e. The largest absolute Gasteiger partial charge is 0.481 e. The van der Waals surface area contributed by atoms with Crippen molar-refractivity contribution in [2.45, 2.75) is 12.6 Å². The minimum Gasteiger partial charge on any atom is -0.481 e. The SMILES string of the molecule is O=C(O)Cc1cc(-c2ccc(F)cc2)cc(C(F)(F)F)c1. The highest BCUT2D eigenvalue weighted by atomic mass is 19.4. The molecule has 1 N–H and O–H groups in total. The summed E-state index contributed by atoms with van der Waals surface area (Å²) in [7, 11) is 0. The molecule has 2 aromatic rings. The first-order valence-electron chi connectivity index (χ1n) is 5.94. The molecule has 0 unspecified atom stereocenters. The van der Waals surface area contributed by atoms with Crippen LogP contribution in [0.5, 0.6) is 0 Å². The van der Waals surface area contributed by atoms with Crippen molar-refractivity contribution in [3.8, 4) is 11.1 Å².